The Morgan fingerprint density at radius 1 is 1.30 bits per heavy atom. The van der Waals surface area contributed by atoms with Crippen LogP contribution in [-0.2, 0) is 11.3 Å². The van der Waals surface area contributed by atoms with E-state index in [2.05, 4.69) is 0 Å². The lowest BCUT2D eigenvalue weighted by Gasteiger charge is -2.05. The Morgan fingerprint density at radius 3 is 2.70 bits per heavy atom. The molecule has 0 radical (unpaired) electrons. The van der Waals surface area contributed by atoms with Crippen LogP contribution >= 0.6 is 34.5 Å². The number of nitrogens with zero attached hydrogens (tertiary/aromatic N) is 1. The second-order valence-electron chi connectivity index (χ2n) is 3.71. The first-order chi connectivity index (χ1) is 9.47. The summed E-state index contributed by atoms with van der Waals surface area (Å²) in [5.74, 6) is -0.640. The zero-order valence-electron chi connectivity index (χ0n) is 9.84. The van der Waals surface area contributed by atoms with Gasteiger partial charge in [-0.3, -0.25) is 10.1 Å². The van der Waals surface area contributed by atoms with Gasteiger partial charge in [0.1, 0.15) is 11.5 Å². The van der Waals surface area contributed by atoms with Crippen LogP contribution < -0.4 is 0 Å². The lowest BCUT2D eigenvalue weighted by Crippen LogP contribution is -2.03. The summed E-state index contributed by atoms with van der Waals surface area (Å²) in [4.78, 5) is 21.9. The van der Waals surface area contributed by atoms with E-state index < -0.39 is 10.9 Å². The standard InChI is InChI=1S/C12H7Cl2NO4S/c13-8-1-2-9(14)7(5-8)6-19-12(16)10-3-4-11(20-10)15(17)18/h1-5H,6H2. The number of esters is 1. The van der Waals surface area contributed by atoms with Gasteiger partial charge in [0.15, 0.2) is 0 Å². The van der Waals surface area contributed by atoms with Gasteiger partial charge in [-0.05, 0) is 24.3 Å². The molecule has 0 aliphatic carbocycles. The maximum atomic E-state index is 11.7. The van der Waals surface area contributed by atoms with Crippen LogP contribution in [0.25, 0.3) is 0 Å². The predicted octanol–water partition coefficient (Wildman–Crippen LogP) is 4.32. The molecule has 0 N–H and O–H groups in total. The van der Waals surface area contributed by atoms with Crippen LogP contribution in [0, 0.1) is 10.1 Å². The Balaban J connectivity index is 2.04. The van der Waals surface area contributed by atoms with Crippen molar-refractivity contribution in [3.8, 4) is 0 Å². The number of carbonyl (C=O) groups is 1. The fourth-order valence-corrected chi connectivity index (χ4v) is 2.48. The van der Waals surface area contributed by atoms with E-state index in [-0.39, 0.29) is 16.5 Å². The summed E-state index contributed by atoms with van der Waals surface area (Å²) < 4.78 is 5.05. The maximum absolute atomic E-state index is 11.7. The molecule has 0 saturated heterocycles. The van der Waals surface area contributed by atoms with Crippen LogP contribution in [0.5, 0.6) is 0 Å². The molecule has 20 heavy (non-hydrogen) atoms. The van der Waals surface area contributed by atoms with Crippen molar-refractivity contribution in [2.75, 3.05) is 0 Å². The third-order valence-electron chi connectivity index (χ3n) is 2.34. The average Bonchev–Trinajstić information content (AvgIpc) is 2.89. The van der Waals surface area contributed by atoms with Gasteiger partial charge in [0.2, 0.25) is 0 Å². The number of nitro groups is 1. The minimum Gasteiger partial charge on any atom is -0.457 e. The molecule has 0 aliphatic rings. The number of rotatable bonds is 4. The first-order valence-electron chi connectivity index (χ1n) is 5.32. The van der Waals surface area contributed by atoms with Crippen LogP contribution in [0.15, 0.2) is 30.3 Å². The summed E-state index contributed by atoms with van der Waals surface area (Å²) in [5, 5.41) is 11.3. The quantitative estimate of drug-likeness (QED) is 0.475. The average molecular weight is 332 g/mol. The molecule has 1 aromatic heterocycles. The number of thiophene rings is 1. The van der Waals surface area contributed by atoms with Gasteiger partial charge < -0.3 is 4.74 Å². The van der Waals surface area contributed by atoms with Gasteiger partial charge in [-0.1, -0.05) is 34.5 Å². The van der Waals surface area contributed by atoms with Gasteiger partial charge in [-0.2, -0.15) is 0 Å². The minimum absolute atomic E-state index is 0.0517. The summed E-state index contributed by atoms with van der Waals surface area (Å²) in [6.45, 7) is -0.0517. The maximum Gasteiger partial charge on any atom is 0.348 e. The number of carbonyl (C=O) groups excluding carboxylic acids is 1. The molecule has 0 atom stereocenters. The lowest BCUT2D eigenvalue weighted by atomic mass is 10.2. The molecule has 0 amide bonds. The third kappa shape index (κ3) is 3.47. The van der Waals surface area contributed by atoms with Gasteiger partial charge in [0, 0.05) is 21.7 Å². The normalized spacial score (nSPS) is 10.3. The molecule has 5 nitrogen and oxygen atoms in total. The zero-order chi connectivity index (χ0) is 14.7. The highest BCUT2D eigenvalue weighted by atomic mass is 35.5. The molecule has 0 unspecified atom stereocenters. The predicted molar refractivity (Wildman–Crippen MR) is 76.6 cm³/mol. The Bertz CT molecular complexity index is 671. The largest absolute Gasteiger partial charge is 0.457 e. The molecule has 1 heterocycles. The Labute approximate surface area is 127 Å². The molecule has 0 fully saturated rings. The van der Waals surface area contributed by atoms with Gasteiger partial charge in [-0.15, -0.1) is 0 Å². The highest BCUT2D eigenvalue weighted by Crippen LogP contribution is 2.26. The first-order valence-corrected chi connectivity index (χ1v) is 6.90. The number of halogens is 2. The molecule has 0 spiro atoms. The molecule has 8 heteroatoms. The van der Waals surface area contributed by atoms with Gasteiger partial charge in [0.05, 0.1) is 4.92 Å². The van der Waals surface area contributed by atoms with Gasteiger partial charge in [0.25, 0.3) is 0 Å². The molecular formula is C12H7Cl2NO4S. The number of hydrogen-bond donors (Lipinski definition) is 0. The highest BCUT2D eigenvalue weighted by molar-refractivity contribution is 7.17. The number of ether oxygens (including phenoxy) is 1. The second kappa shape index (κ2) is 6.21. The summed E-state index contributed by atoms with van der Waals surface area (Å²) in [5.41, 5.74) is 0.568. The van der Waals surface area contributed by atoms with Crippen LogP contribution in [0.2, 0.25) is 10.0 Å². The van der Waals surface area contributed by atoms with Crippen molar-refractivity contribution in [3.05, 3.63) is 60.9 Å². The van der Waals surface area contributed by atoms with Gasteiger partial charge in [-0.25, -0.2) is 4.79 Å². The third-order valence-corrected chi connectivity index (χ3v) is 3.96. The summed E-state index contributed by atoms with van der Waals surface area (Å²) in [6.07, 6.45) is 0. The molecule has 0 saturated carbocycles. The molecule has 0 aliphatic heterocycles. The summed E-state index contributed by atoms with van der Waals surface area (Å²) in [7, 11) is 0. The minimum atomic E-state index is -0.640. The van der Waals surface area contributed by atoms with Crippen molar-refractivity contribution in [2.24, 2.45) is 0 Å². The van der Waals surface area contributed by atoms with Crippen molar-refractivity contribution in [1.29, 1.82) is 0 Å². The molecular weight excluding hydrogens is 325 g/mol. The summed E-state index contributed by atoms with van der Waals surface area (Å²) in [6, 6.07) is 7.42. The van der Waals surface area contributed by atoms with Crippen LogP contribution in [0.3, 0.4) is 0 Å². The van der Waals surface area contributed by atoms with Crippen molar-refractivity contribution in [2.45, 2.75) is 6.61 Å². The molecule has 104 valence electrons. The lowest BCUT2D eigenvalue weighted by molar-refractivity contribution is -0.380. The van der Waals surface area contributed by atoms with E-state index in [1.54, 1.807) is 18.2 Å². The monoisotopic (exact) mass is 331 g/mol. The first kappa shape index (κ1) is 14.8. The molecule has 2 aromatic rings. The van der Waals surface area contributed by atoms with E-state index in [4.69, 9.17) is 27.9 Å². The SMILES string of the molecule is O=C(OCc1cc(Cl)ccc1Cl)c1ccc([N+](=O)[O-])s1. The van der Waals surface area contributed by atoms with Crippen LogP contribution in [0.4, 0.5) is 5.00 Å². The van der Waals surface area contributed by atoms with Crippen LogP contribution in [-0.4, -0.2) is 10.9 Å². The topological polar surface area (TPSA) is 69.4 Å². The fourth-order valence-electron chi connectivity index (χ4n) is 1.40. The van der Waals surface area contributed by atoms with Crippen molar-refractivity contribution in [3.63, 3.8) is 0 Å². The smallest absolute Gasteiger partial charge is 0.348 e. The van der Waals surface area contributed by atoms with Crippen LogP contribution in [0.1, 0.15) is 15.2 Å². The number of hydrogen-bond acceptors (Lipinski definition) is 5. The number of benzene rings is 1. The van der Waals surface area contributed by atoms with E-state index in [9.17, 15) is 14.9 Å². The second-order valence-corrected chi connectivity index (χ2v) is 5.61. The Hall–Kier alpha value is -1.63. The Kier molecular flexibility index (Phi) is 4.59. The molecule has 1 aromatic carbocycles. The fraction of sp³-hybridized carbons (Fsp3) is 0.0833. The van der Waals surface area contributed by atoms with Gasteiger partial charge >= 0.3 is 11.0 Å². The molecule has 0 bridgehead atoms. The van der Waals surface area contributed by atoms with Crippen molar-refractivity contribution >= 4 is 45.5 Å². The van der Waals surface area contributed by atoms with Crippen molar-refractivity contribution in [1.82, 2.24) is 0 Å². The molecule has 2 rings (SSSR count). The summed E-state index contributed by atoms with van der Waals surface area (Å²) >= 11 is 12.5. The van der Waals surface area contributed by atoms with E-state index in [0.717, 1.165) is 11.3 Å². The van der Waals surface area contributed by atoms with E-state index in [0.29, 0.717) is 15.6 Å². The van der Waals surface area contributed by atoms with E-state index in [1.165, 1.54) is 12.1 Å². The van der Waals surface area contributed by atoms with Crippen molar-refractivity contribution < 1.29 is 14.5 Å². The zero-order valence-corrected chi connectivity index (χ0v) is 12.2. The highest BCUT2D eigenvalue weighted by Gasteiger charge is 2.16. The van der Waals surface area contributed by atoms with E-state index in [1.807, 2.05) is 0 Å². The Morgan fingerprint density at radius 2 is 2.05 bits per heavy atom. The van der Waals surface area contributed by atoms with E-state index >= 15 is 0 Å².